The van der Waals surface area contributed by atoms with Crippen LogP contribution < -0.4 is 4.74 Å². The second-order valence-corrected chi connectivity index (χ2v) is 4.64. The fraction of sp³-hybridized carbons (Fsp3) is 0.357. The molecule has 0 saturated carbocycles. The Balaban J connectivity index is 2.06. The van der Waals surface area contributed by atoms with Crippen molar-refractivity contribution in [2.75, 3.05) is 7.11 Å². The van der Waals surface area contributed by atoms with Crippen molar-refractivity contribution in [3.05, 3.63) is 30.2 Å². The van der Waals surface area contributed by atoms with Crippen LogP contribution in [0.15, 0.2) is 28.7 Å². The quantitative estimate of drug-likeness (QED) is 0.872. The highest BCUT2D eigenvalue weighted by atomic mass is 16.5. The average Bonchev–Trinajstić information content (AvgIpc) is 2.86. The van der Waals surface area contributed by atoms with Gasteiger partial charge in [0.05, 0.1) is 7.11 Å². The lowest BCUT2D eigenvalue weighted by atomic mass is 10.0. The van der Waals surface area contributed by atoms with E-state index in [-0.39, 0.29) is 12.3 Å². The molecular formula is C14H16N2O4. The molecule has 0 saturated heterocycles. The predicted molar refractivity (Wildman–Crippen MR) is 71.4 cm³/mol. The van der Waals surface area contributed by atoms with Crippen LogP contribution in [-0.2, 0) is 11.2 Å². The minimum Gasteiger partial charge on any atom is -0.497 e. The second kappa shape index (κ2) is 6.18. The van der Waals surface area contributed by atoms with Crippen LogP contribution in [0.5, 0.6) is 5.75 Å². The van der Waals surface area contributed by atoms with Crippen molar-refractivity contribution in [1.29, 1.82) is 0 Å². The SMILES string of the molecule is COc1ccc(-c2nnc(CC(C)CC(=O)O)o2)cc1. The lowest BCUT2D eigenvalue weighted by Gasteiger charge is -2.03. The Bertz CT molecular complexity index is 577. The first kappa shape index (κ1) is 14.0. The summed E-state index contributed by atoms with van der Waals surface area (Å²) in [5.41, 5.74) is 0.801. The monoisotopic (exact) mass is 276 g/mol. The van der Waals surface area contributed by atoms with Crippen LogP contribution in [0.25, 0.3) is 11.5 Å². The maximum atomic E-state index is 10.6. The third-order valence-corrected chi connectivity index (χ3v) is 2.85. The zero-order chi connectivity index (χ0) is 14.5. The van der Waals surface area contributed by atoms with Gasteiger partial charge in [0.1, 0.15) is 5.75 Å². The molecule has 1 unspecified atom stereocenters. The summed E-state index contributed by atoms with van der Waals surface area (Å²) in [4.78, 5) is 10.6. The summed E-state index contributed by atoms with van der Waals surface area (Å²) >= 11 is 0. The first-order valence-corrected chi connectivity index (χ1v) is 6.27. The number of methoxy groups -OCH3 is 1. The molecule has 1 heterocycles. The molecule has 0 fully saturated rings. The van der Waals surface area contributed by atoms with Gasteiger partial charge in [-0.25, -0.2) is 0 Å². The summed E-state index contributed by atoms with van der Waals surface area (Å²) in [6, 6.07) is 7.28. The van der Waals surface area contributed by atoms with E-state index in [9.17, 15) is 4.79 Å². The number of benzene rings is 1. The summed E-state index contributed by atoms with van der Waals surface area (Å²) in [7, 11) is 1.60. The highest BCUT2D eigenvalue weighted by Gasteiger charge is 2.14. The van der Waals surface area contributed by atoms with Crippen molar-refractivity contribution < 1.29 is 19.1 Å². The molecule has 1 aromatic heterocycles. The number of carboxylic acid groups (broad SMARTS) is 1. The van der Waals surface area contributed by atoms with E-state index in [2.05, 4.69) is 10.2 Å². The smallest absolute Gasteiger partial charge is 0.303 e. The molecular weight excluding hydrogens is 260 g/mol. The zero-order valence-corrected chi connectivity index (χ0v) is 11.4. The lowest BCUT2D eigenvalue weighted by Crippen LogP contribution is -2.07. The largest absolute Gasteiger partial charge is 0.497 e. The van der Waals surface area contributed by atoms with Crippen LogP contribution in [0.3, 0.4) is 0 Å². The molecule has 0 aliphatic heterocycles. The van der Waals surface area contributed by atoms with Gasteiger partial charge in [0.25, 0.3) is 0 Å². The van der Waals surface area contributed by atoms with E-state index in [1.165, 1.54) is 0 Å². The minimum absolute atomic E-state index is 0.0448. The van der Waals surface area contributed by atoms with Gasteiger partial charge in [0, 0.05) is 18.4 Å². The normalized spacial score (nSPS) is 12.1. The number of carbonyl (C=O) groups is 1. The first-order valence-electron chi connectivity index (χ1n) is 6.27. The van der Waals surface area contributed by atoms with E-state index in [0.29, 0.717) is 18.2 Å². The molecule has 0 bridgehead atoms. The molecule has 0 amide bonds. The maximum Gasteiger partial charge on any atom is 0.303 e. The van der Waals surface area contributed by atoms with E-state index in [1.54, 1.807) is 7.11 Å². The molecule has 20 heavy (non-hydrogen) atoms. The Morgan fingerprint density at radius 1 is 1.35 bits per heavy atom. The summed E-state index contributed by atoms with van der Waals surface area (Å²) in [5, 5.41) is 16.6. The molecule has 1 N–H and O–H groups in total. The van der Waals surface area contributed by atoms with Crippen molar-refractivity contribution in [2.24, 2.45) is 5.92 Å². The van der Waals surface area contributed by atoms with Crippen molar-refractivity contribution in [1.82, 2.24) is 10.2 Å². The standard InChI is InChI=1S/C14H16N2O4/c1-9(8-13(17)18)7-12-15-16-14(20-12)10-3-5-11(19-2)6-4-10/h3-6,9H,7-8H2,1-2H3,(H,17,18). The number of nitrogens with zero attached hydrogens (tertiary/aromatic N) is 2. The molecule has 2 aromatic rings. The molecule has 2 rings (SSSR count). The number of carboxylic acids is 1. The van der Waals surface area contributed by atoms with Gasteiger partial charge in [0.15, 0.2) is 0 Å². The fourth-order valence-electron chi connectivity index (χ4n) is 1.85. The fourth-order valence-corrected chi connectivity index (χ4v) is 1.85. The van der Waals surface area contributed by atoms with Gasteiger partial charge in [-0.2, -0.15) is 0 Å². The van der Waals surface area contributed by atoms with Crippen molar-refractivity contribution in [3.63, 3.8) is 0 Å². The number of hydrogen-bond donors (Lipinski definition) is 1. The van der Waals surface area contributed by atoms with Crippen molar-refractivity contribution in [3.8, 4) is 17.2 Å². The third kappa shape index (κ3) is 3.57. The third-order valence-electron chi connectivity index (χ3n) is 2.85. The molecule has 6 nitrogen and oxygen atoms in total. The Hall–Kier alpha value is -2.37. The van der Waals surface area contributed by atoms with Gasteiger partial charge in [0.2, 0.25) is 11.8 Å². The minimum atomic E-state index is -0.826. The Labute approximate surface area is 116 Å². The number of aliphatic carboxylic acids is 1. The van der Waals surface area contributed by atoms with Crippen LogP contribution in [0.1, 0.15) is 19.2 Å². The summed E-state index contributed by atoms with van der Waals surface area (Å²) in [5.74, 6) is 0.752. The summed E-state index contributed by atoms with van der Waals surface area (Å²) in [6.45, 7) is 1.84. The lowest BCUT2D eigenvalue weighted by molar-refractivity contribution is -0.137. The molecule has 0 radical (unpaired) electrons. The van der Waals surface area contributed by atoms with Crippen molar-refractivity contribution in [2.45, 2.75) is 19.8 Å². The van der Waals surface area contributed by atoms with Crippen LogP contribution in [0.2, 0.25) is 0 Å². The topological polar surface area (TPSA) is 85.5 Å². The second-order valence-electron chi connectivity index (χ2n) is 4.64. The van der Waals surface area contributed by atoms with E-state index in [0.717, 1.165) is 11.3 Å². The average molecular weight is 276 g/mol. The Morgan fingerprint density at radius 3 is 2.65 bits per heavy atom. The first-order chi connectivity index (χ1) is 9.58. The van der Waals surface area contributed by atoms with Crippen LogP contribution >= 0.6 is 0 Å². The zero-order valence-electron chi connectivity index (χ0n) is 11.4. The van der Waals surface area contributed by atoms with E-state index in [4.69, 9.17) is 14.3 Å². The number of aromatic nitrogens is 2. The molecule has 0 aliphatic rings. The van der Waals surface area contributed by atoms with E-state index >= 15 is 0 Å². The number of rotatable bonds is 6. The van der Waals surface area contributed by atoms with Crippen LogP contribution in [0.4, 0.5) is 0 Å². The Morgan fingerprint density at radius 2 is 2.05 bits per heavy atom. The van der Waals surface area contributed by atoms with Gasteiger partial charge < -0.3 is 14.3 Å². The Kier molecular flexibility index (Phi) is 4.34. The van der Waals surface area contributed by atoms with Gasteiger partial charge >= 0.3 is 5.97 Å². The molecule has 1 aromatic carbocycles. The van der Waals surface area contributed by atoms with Crippen molar-refractivity contribution >= 4 is 5.97 Å². The van der Waals surface area contributed by atoms with Crippen LogP contribution in [0, 0.1) is 5.92 Å². The molecule has 6 heteroatoms. The predicted octanol–water partition coefficient (Wildman–Crippen LogP) is 2.40. The summed E-state index contributed by atoms with van der Waals surface area (Å²) in [6.07, 6.45) is 0.537. The van der Waals surface area contributed by atoms with Gasteiger partial charge in [-0.1, -0.05) is 6.92 Å². The highest BCUT2D eigenvalue weighted by molar-refractivity contribution is 5.66. The maximum absolute atomic E-state index is 10.6. The summed E-state index contributed by atoms with van der Waals surface area (Å²) < 4.78 is 10.6. The highest BCUT2D eigenvalue weighted by Crippen LogP contribution is 2.22. The van der Waals surface area contributed by atoms with Gasteiger partial charge in [-0.3, -0.25) is 4.79 Å². The number of ether oxygens (including phenoxy) is 1. The molecule has 106 valence electrons. The van der Waals surface area contributed by atoms with Crippen LogP contribution in [-0.4, -0.2) is 28.4 Å². The van der Waals surface area contributed by atoms with E-state index in [1.807, 2.05) is 31.2 Å². The molecule has 1 atom stereocenters. The van der Waals surface area contributed by atoms with E-state index < -0.39 is 5.97 Å². The number of hydrogen-bond acceptors (Lipinski definition) is 5. The molecule has 0 aliphatic carbocycles. The van der Waals surface area contributed by atoms with Gasteiger partial charge in [-0.05, 0) is 30.2 Å². The van der Waals surface area contributed by atoms with Gasteiger partial charge in [-0.15, -0.1) is 10.2 Å². The molecule has 0 spiro atoms.